The molecule has 0 aliphatic rings. The summed E-state index contributed by atoms with van der Waals surface area (Å²) in [5.74, 6) is 7.01. The van der Waals surface area contributed by atoms with E-state index in [9.17, 15) is 0 Å². The van der Waals surface area contributed by atoms with Crippen LogP contribution in [0.2, 0.25) is 0 Å². The first-order valence-electron chi connectivity index (χ1n) is 5.66. The molecule has 0 fully saturated rings. The van der Waals surface area contributed by atoms with Crippen LogP contribution in [0.3, 0.4) is 0 Å². The third-order valence-corrected chi connectivity index (χ3v) is 3.20. The van der Waals surface area contributed by atoms with Crippen LogP contribution in [-0.2, 0) is 13.5 Å². The summed E-state index contributed by atoms with van der Waals surface area (Å²) in [4.78, 5) is 1.42. The van der Waals surface area contributed by atoms with Crippen molar-refractivity contribution in [2.75, 3.05) is 7.11 Å². The topological polar surface area (TPSA) is 90.9 Å². The maximum absolute atomic E-state index is 5.63. The second-order valence-electron chi connectivity index (χ2n) is 4.00. The van der Waals surface area contributed by atoms with Gasteiger partial charge in [0.2, 0.25) is 0 Å². The average Bonchev–Trinajstić information content (AvgIpc) is 2.81. The van der Waals surface area contributed by atoms with Gasteiger partial charge in [0.15, 0.2) is 5.82 Å². The summed E-state index contributed by atoms with van der Waals surface area (Å²) in [5, 5.41) is 11.9. The fourth-order valence-corrected chi connectivity index (χ4v) is 2.20. The number of ether oxygens (including phenoxy) is 1. The van der Waals surface area contributed by atoms with E-state index >= 15 is 0 Å². The van der Waals surface area contributed by atoms with E-state index in [1.54, 1.807) is 14.2 Å². The number of nitrogens with one attached hydrogen (secondary N) is 1. The lowest BCUT2D eigenvalue weighted by atomic mass is 10.0. The SMILES string of the molecule is COc1ccc(Br)cc1C(Cc1nnn(C)n1)NN. The predicted octanol–water partition coefficient (Wildman–Crippen LogP) is 0.728. The summed E-state index contributed by atoms with van der Waals surface area (Å²) >= 11 is 3.44. The Balaban J connectivity index is 2.28. The van der Waals surface area contributed by atoms with E-state index < -0.39 is 0 Å². The largest absolute Gasteiger partial charge is 0.496 e. The van der Waals surface area contributed by atoms with Gasteiger partial charge < -0.3 is 4.74 Å². The first-order chi connectivity index (χ1) is 9.13. The highest BCUT2D eigenvalue weighted by molar-refractivity contribution is 9.10. The van der Waals surface area contributed by atoms with Crippen molar-refractivity contribution in [2.24, 2.45) is 12.9 Å². The molecule has 0 saturated heterocycles. The summed E-state index contributed by atoms with van der Waals surface area (Å²) in [6, 6.07) is 5.60. The number of aryl methyl sites for hydroxylation is 1. The molecule has 1 aromatic heterocycles. The Bertz CT molecular complexity index is 558. The molecule has 0 aliphatic heterocycles. The van der Waals surface area contributed by atoms with Crippen molar-refractivity contribution in [3.05, 3.63) is 34.1 Å². The van der Waals surface area contributed by atoms with Crippen LogP contribution in [0.15, 0.2) is 22.7 Å². The first-order valence-corrected chi connectivity index (χ1v) is 6.45. The first kappa shape index (κ1) is 13.9. The highest BCUT2D eigenvalue weighted by Crippen LogP contribution is 2.29. The maximum atomic E-state index is 5.63. The molecule has 0 bridgehead atoms. The van der Waals surface area contributed by atoms with Crippen molar-refractivity contribution in [3.63, 3.8) is 0 Å². The minimum atomic E-state index is -0.156. The molecular formula is C11H15BrN6O. The Morgan fingerprint density at radius 2 is 2.32 bits per heavy atom. The molecule has 8 heteroatoms. The van der Waals surface area contributed by atoms with E-state index in [1.807, 2.05) is 18.2 Å². The van der Waals surface area contributed by atoms with E-state index in [0.29, 0.717) is 12.2 Å². The highest BCUT2D eigenvalue weighted by Gasteiger charge is 2.18. The van der Waals surface area contributed by atoms with Crippen molar-refractivity contribution in [1.29, 1.82) is 0 Å². The number of halogens is 1. The van der Waals surface area contributed by atoms with Crippen LogP contribution in [-0.4, -0.2) is 27.3 Å². The van der Waals surface area contributed by atoms with Crippen LogP contribution in [0.1, 0.15) is 17.4 Å². The number of methoxy groups -OCH3 is 1. The lowest BCUT2D eigenvalue weighted by Gasteiger charge is -2.18. The van der Waals surface area contributed by atoms with Gasteiger partial charge in [-0.25, -0.2) is 0 Å². The molecule has 0 aliphatic carbocycles. The van der Waals surface area contributed by atoms with Gasteiger partial charge in [-0.15, -0.1) is 10.2 Å². The number of nitrogens with zero attached hydrogens (tertiary/aromatic N) is 4. The van der Waals surface area contributed by atoms with E-state index in [0.717, 1.165) is 15.8 Å². The summed E-state index contributed by atoms with van der Waals surface area (Å²) in [5.41, 5.74) is 3.70. The standard InChI is InChI=1S/C11H15BrN6O/c1-18-16-11(15-17-18)6-9(14-13)8-5-7(12)3-4-10(8)19-2/h3-5,9,14H,6,13H2,1-2H3. The van der Waals surface area contributed by atoms with Crippen molar-refractivity contribution in [3.8, 4) is 5.75 Å². The second-order valence-corrected chi connectivity index (χ2v) is 4.92. The van der Waals surface area contributed by atoms with Gasteiger partial charge >= 0.3 is 0 Å². The Morgan fingerprint density at radius 1 is 1.53 bits per heavy atom. The smallest absolute Gasteiger partial charge is 0.176 e. The summed E-state index contributed by atoms with van der Waals surface area (Å²) in [6.07, 6.45) is 0.525. The average molecular weight is 327 g/mol. The lowest BCUT2D eigenvalue weighted by Crippen LogP contribution is -2.30. The highest BCUT2D eigenvalue weighted by atomic mass is 79.9. The van der Waals surface area contributed by atoms with Crippen molar-refractivity contribution >= 4 is 15.9 Å². The zero-order valence-electron chi connectivity index (χ0n) is 10.7. The number of hydrogen-bond acceptors (Lipinski definition) is 6. The summed E-state index contributed by atoms with van der Waals surface area (Å²) in [6.45, 7) is 0. The molecular weight excluding hydrogens is 312 g/mol. The van der Waals surface area contributed by atoms with Gasteiger partial charge in [-0.05, 0) is 23.4 Å². The Hall–Kier alpha value is -1.51. The van der Waals surface area contributed by atoms with E-state index in [-0.39, 0.29) is 6.04 Å². The molecule has 1 heterocycles. The number of rotatable bonds is 5. The monoisotopic (exact) mass is 326 g/mol. The quantitative estimate of drug-likeness (QED) is 0.621. The number of benzene rings is 1. The Morgan fingerprint density at radius 3 is 2.89 bits per heavy atom. The fourth-order valence-electron chi connectivity index (χ4n) is 1.82. The fraction of sp³-hybridized carbons (Fsp3) is 0.364. The van der Waals surface area contributed by atoms with Crippen LogP contribution >= 0.6 is 15.9 Å². The van der Waals surface area contributed by atoms with Gasteiger partial charge in [0, 0.05) is 16.5 Å². The number of aromatic nitrogens is 4. The minimum absolute atomic E-state index is 0.156. The van der Waals surface area contributed by atoms with Gasteiger partial charge in [-0.3, -0.25) is 11.3 Å². The molecule has 1 atom stereocenters. The second kappa shape index (κ2) is 6.09. The Labute approximate surface area is 119 Å². The number of hydrazine groups is 1. The third-order valence-electron chi connectivity index (χ3n) is 2.70. The maximum Gasteiger partial charge on any atom is 0.176 e. The van der Waals surface area contributed by atoms with Crippen LogP contribution < -0.4 is 16.0 Å². The Kier molecular flexibility index (Phi) is 4.46. The molecule has 7 nitrogen and oxygen atoms in total. The number of nitrogens with two attached hydrogens (primary N) is 1. The van der Waals surface area contributed by atoms with Crippen molar-refractivity contribution in [1.82, 2.24) is 25.6 Å². The van der Waals surface area contributed by atoms with Gasteiger partial charge in [0.05, 0.1) is 20.2 Å². The molecule has 2 rings (SSSR count). The van der Waals surface area contributed by atoms with E-state index in [1.165, 1.54) is 4.80 Å². The number of tetrazole rings is 1. The van der Waals surface area contributed by atoms with Crippen molar-refractivity contribution < 1.29 is 4.74 Å². The van der Waals surface area contributed by atoms with Crippen LogP contribution in [0.5, 0.6) is 5.75 Å². The molecule has 0 saturated carbocycles. The molecule has 1 aromatic carbocycles. The van der Waals surface area contributed by atoms with Gasteiger partial charge in [0.1, 0.15) is 5.75 Å². The molecule has 0 radical (unpaired) electrons. The molecule has 0 amide bonds. The zero-order valence-corrected chi connectivity index (χ0v) is 12.3. The molecule has 3 N–H and O–H groups in total. The summed E-state index contributed by atoms with van der Waals surface area (Å²) < 4.78 is 6.30. The van der Waals surface area contributed by atoms with Gasteiger partial charge in [0.25, 0.3) is 0 Å². The number of hydrogen-bond donors (Lipinski definition) is 2. The molecule has 0 spiro atoms. The molecule has 102 valence electrons. The minimum Gasteiger partial charge on any atom is -0.496 e. The van der Waals surface area contributed by atoms with E-state index in [2.05, 4.69) is 36.8 Å². The molecule has 19 heavy (non-hydrogen) atoms. The van der Waals surface area contributed by atoms with Crippen LogP contribution in [0.4, 0.5) is 0 Å². The van der Waals surface area contributed by atoms with Crippen LogP contribution in [0.25, 0.3) is 0 Å². The zero-order chi connectivity index (χ0) is 13.8. The van der Waals surface area contributed by atoms with Gasteiger partial charge in [-0.2, -0.15) is 4.80 Å². The van der Waals surface area contributed by atoms with E-state index in [4.69, 9.17) is 10.6 Å². The van der Waals surface area contributed by atoms with Crippen molar-refractivity contribution in [2.45, 2.75) is 12.5 Å². The predicted molar refractivity (Wildman–Crippen MR) is 73.3 cm³/mol. The normalized spacial score (nSPS) is 12.4. The summed E-state index contributed by atoms with van der Waals surface area (Å²) in [7, 11) is 3.35. The van der Waals surface area contributed by atoms with Crippen LogP contribution in [0, 0.1) is 0 Å². The lowest BCUT2D eigenvalue weighted by molar-refractivity contribution is 0.398. The molecule has 1 unspecified atom stereocenters. The molecule has 2 aromatic rings. The van der Waals surface area contributed by atoms with Gasteiger partial charge in [-0.1, -0.05) is 15.9 Å². The third kappa shape index (κ3) is 3.28.